The van der Waals surface area contributed by atoms with Crippen molar-refractivity contribution in [1.82, 2.24) is 14.5 Å². The molecule has 1 N–H and O–H groups in total. The number of pyridine rings is 1. The summed E-state index contributed by atoms with van der Waals surface area (Å²) in [5.74, 6) is -4.30. The maximum absolute atomic E-state index is 15.4. The molecule has 8 nitrogen and oxygen atoms in total. The van der Waals surface area contributed by atoms with Crippen LogP contribution in [0.1, 0.15) is 39.3 Å². The van der Waals surface area contributed by atoms with E-state index in [2.05, 4.69) is 9.97 Å². The van der Waals surface area contributed by atoms with Gasteiger partial charge in [0.1, 0.15) is 29.6 Å². The van der Waals surface area contributed by atoms with Gasteiger partial charge in [0, 0.05) is 24.2 Å². The molecule has 0 bridgehead atoms. The minimum Gasteiger partial charge on any atom is -0.478 e. The van der Waals surface area contributed by atoms with Gasteiger partial charge in [-0.2, -0.15) is 5.26 Å². The topological polar surface area (TPSA) is 110 Å². The molecule has 1 aliphatic rings. The van der Waals surface area contributed by atoms with Gasteiger partial charge < -0.3 is 19.1 Å². The lowest BCUT2D eigenvalue weighted by molar-refractivity contribution is -0.0589. The molecule has 2 aromatic heterocycles. The summed E-state index contributed by atoms with van der Waals surface area (Å²) >= 11 is 0. The van der Waals surface area contributed by atoms with Crippen LogP contribution in [0.25, 0.3) is 22.3 Å². The number of halogens is 4. The van der Waals surface area contributed by atoms with Gasteiger partial charge >= 0.3 is 5.97 Å². The van der Waals surface area contributed by atoms with Crippen molar-refractivity contribution in [2.75, 3.05) is 6.61 Å². The van der Waals surface area contributed by atoms with E-state index in [1.165, 1.54) is 36.4 Å². The van der Waals surface area contributed by atoms with Gasteiger partial charge in [0.25, 0.3) is 5.88 Å². The molecule has 3 aromatic carbocycles. The highest BCUT2D eigenvalue weighted by Crippen LogP contribution is 2.29. The van der Waals surface area contributed by atoms with Gasteiger partial charge in [0.15, 0.2) is 11.6 Å². The lowest BCUT2D eigenvalue weighted by Crippen LogP contribution is -2.31. The Kier molecular flexibility index (Phi) is 7.71. The molecule has 0 unspecified atom stereocenters. The molecule has 0 radical (unpaired) electrons. The molecule has 1 saturated heterocycles. The Morgan fingerprint density at radius 3 is 2.50 bits per heavy atom. The van der Waals surface area contributed by atoms with Crippen LogP contribution in [-0.4, -0.2) is 38.3 Å². The fourth-order valence-corrected chi connectivity index (χ4v) is 4.94. The first-order chi connectivity index (χ1) is 21.2. The van der Waals surface area contributed by atoms with Crippen molar-refractivity contribution in [1.29, 1.82) is 5.26 Å². The summed E-state index contributed by atoms with van der Waals surface area (Å²) in [5, 5.41) is 18.3. The van der Waals surface area contributed by atoms with Crippen LogP contribution in [0.3, 0.4) is 0 Å². The number of aromatic nitrogens is 3. The second-order valence-corrected chi connectivity index (χ2v) is 10.2. The predicted molar refractivity (Wildman–Crippen MR) is 149 cm³/mol. The van der Waals surface area contributed by atoms with Gasteiger partial charge in [-0.3, -0.25) is 0 Å². The van der Waals surface area contributed by atoms with Crippen LogP contribution in [0.5, 0.6) is 5.88 Å². The third kappa shape index (κ3) is 5.69. The largest absolute Gasteiger partial charge is 0.478 e. The van der Waals surface area contributed by atoms with Crippen LogP contribution in [0, 0.1) is 34.6 Å². The van der Waals surface area contributed by atoms with E-state index in [0.29, 0.717) is 30.1 Å². The van der Waals surface area contributed by atoms with Gasteiger partial charge in [0.2, 0.25) is 0 Å². The van der Waals surface area contributed by atoms with E-state index in [1.54, 1.807) is 10.6 Å². The Bertz CT molecular complexity index is 1970. The van der Waals surface area contributed by atoms with E-state index in [4.69, 9.17) is 14.7 Å². The highest BCUT2D eigenvalue weighted by Gasteiger charge is 2.24. The maximum Gasteiger partial charge on any atom is 0.335 e. The normalized spacial score (nSPS) is 14.3. The van der Waals surface area contributed by atoms with E-state index >= 15 is 4.39 Å². The summed E-state index contributed by atoms with van der Waals surface area (Å²) in [4.78, 5) is 20.0. The minimum atomic E-state index is -1.28. The number of hydrogen-bond acceptors (Lipinski definition) is 6. The monoisotopic (exact) mass is 602 g/mol. The number of carboxylic acid groups (broad SMARTS) is 1. The van der Waals surface area contributed by atoms with Crippen LogP contribution in [0.4, 0.5) is 17.6 Å². The summed E-state index contributed by atoms with van der Waals surface area (Å²) < 4.78 is 71.5. The van der Waals surface area contributed by atoms with Gasteiger partial charge in [-0.25, -0.2) is 32.3 Å². The van der Waals surface area contributed by atoms with Crippen molar-refractivity contribution in [2.24, 2.45) is 0 Å². The number of rotatable bonds is 9. The molecule has 0 aliphatic carbocycles. The molecule has 0 amide bonds. The van der Waals surface area contributed by atoms with Crippen molar-refractivity contribution in [3.05, 3.63) is 112 Å². The second-order valence-electron chi connectivity index (χ2n) is 10.2. The lowest BCUT2D eigenvalue weighted by Gasteiger charge is -2.27. The molecular weight excluding hydrogens is 580 g/mol. The van der Waals surface area contributed by atoms with Crippen LogP contribution < -0.4 is 4.74 Å². The van der Waals surface area contributed by atoms with E-state index in [0.717, 1.165) is 24.6 Å². The smallest absolute Gasteiger partial charge is 0.335 e. The number of nitrogens with zero attached hydrogens (tertiary/aromatic N) is 4. The number of benzene rings is 3. The molecule has 5 aromatic rings. The van der Waals surface area contributed by atoms with E-state index < -0.39 is 35.1 Å². The highest BCUT2D eigenvalue weighted by molar-refractivity contribution is 5.92. The number of imidazole rings is 1. The molecule has 12 heteroatoms. The van der Waals surface area contributed by atoms with Crippen molar-refractivity contribution in [3.8, 4) is 23.2 Å². The molecular formula is C32H22F4N4O4. The fourth-order valence-electron chi connectivity index (χ4n) is 4.94. The van der Waals surface area contributed by atoms with Gasteiger partial charge in [-0.15, -0.1) is 0 Å². The zero-order valence-corrected chi connectivity index (χ0v) is 22.9. The Labute approximate surface area is 247 Å². The van der Waals surface area contributed by atoms with E-state index in [-0.39, 0.29) is 52.6 Å². The zero-order chi connectivity index (χ0) is 31.0. The number of nitriles is 1. The van der Waals surface area contributed by atoms with E-state index in [1.807, 2.05) is 6.07 Å². The first-order valence-corrected chi connectivity index (χ1v) is 13.5. The van der Waals surface area contributed by atoms with Crippen molar-refractivity contribution in [3.63, 3.8) is 0 Å². The Morgan fingerprint density at radius 2 is 1.82 bits per heavy atom. The average Bonchev–Trinajstić information content (AvgIpc) is 3.32. The number of ether oxygens (including phenoxy) is 2. The molecule has 44 heavy (non-hydrogen) atoms. The second kappa shape index (κ2) is 11.8. The summed E-state index contributed by atoms with van der Waals surface area (Å²) in [6.45, 7) is 0.544. The zero-order valence-electron chi connectivity index (χ0n) is 22.9. The Balaban J connectivity index is 1.26. The molecule has 0 spiro atoms. The molecule has 1 aliphatic heterocycles. The van der Waals surface area contributed by atoms with Crippen molar-refractivity contribution >= 4 is 17.0 Å². The number of aromatic carboxylic acids is 1. The first kappa shape index (κ1) is 28.8. The van der Waals surface area contributed by atoms with Crippen molar-refractivity contribution in [2.45, 2.75) is 32.1 Å². The van der Waals surface area contributed by atoms with Gasteiger partial charge in [0.05, 0.1) is 41.1 Å². The Morgan fingerprint density at radius 1 is 1.00 bits per heavy atom. The number of carbonyl (C=O) groups is 1. The number of carboxylic acids is 1. The summed E-state index contributed by atoms with van der Waals surface area (Å²) in [7, 11) is 0. The van der Waals surface area contributed by atoms with Crippen molar-refractivity contribution < 1.29 is 36.9 Å². The maximum atomic E-state index is 15.4. The molecule has 3 heterocycles. The first-order valence-electron chi connectivity index (χ1n) is 13.5. The van der Waals surface area contributed by atoms with Crippen LogP contribution >= 0.6 is 0 Å². The third-order valence-electron chi connectivity index (χ3n) is 7.35. The quantitative estimate of drug-likeness (QED) is 0.201. The van der Waals surface area contributed by atoms with Crippen LogP contribution in [0.15, 0.2) is 60.7 Å². The Hall–Kier alpha value is -5.28. The number of hydrogen-bond donors (Lipinski definition) is 1. The molecule has 6 rings (SSSR count). The van der Waals surface area contributed by atoms with Gasteiger partial charge in [-0.1, -0.05) is 12.1 Å². The summed E-state index contributed by atoms with van der Waals surface area (Å²) in [5.41, 5.74) is 0.913. The molecule has 1 fully saturated rings. The predicted octanol–water partition coefficient (Wildman–Crippen LogP) is 6.18. The van der Waals surface area contributed by atoms with Gasteiger partial charge in [-0.05, 0) is 60.5 Å². The minimum absolute atomic E-state index is 0.00495. The number of fused-ring (bicyclic) bond motifs is 1. The van der Waals surface area contributed by atoms with E-state index in [9.17, 15) is 23.1 Å². The molecule has 222 valence electrons. The van der Waals surface area contributed by atoms with Crippen LogP contribution in [-0.2, 0) is 24.3 Å². The summed E-state index contributed by atoms with van der Waals surface area (Å²) in [6.07, 6.45) is 0.737. The third-order valence-corrected chi connectivity index (χ3v) is 7.35. The molecule has 0 saturated carbocycles. The summed E-state index contributed by atoms with van der Waals surface area (Å²) in [6, 6.07) is 14.6. The fraction of sp³-hybridized carbons (Fsp3) is 0.188. The SMILES string of the molecule is N#Cc1ccc(COc2nc(-c3ccc(Cc4nc5c(F)cc(C(=O)O)cc5n4C[C@@H]4CCO4)cc3F)ccc2F)c(F)c1. The molecule has 1 atom stereocenters. The lowest BCUT2D eigenvalue weighted by atomic mass is 10.0. The average molecular weight is 603 g/mol. The van der Waals surface area contributed by atoms with Crippen LogP contribution in [0.2, 0.25) is 0 Å². The standard InChI is InChI=1S/C32H22F4N4O4/c33-23-5-6-27(38-31(23)44-16-19-3-1-18(14-37)10-24(19)34)22-4-2-17(9-25(22)35)11-29-39-30-26(36)12-20(32(41)42)13-28(30)40(29)15-21-7-8-43-21/h1-6,9-10,12-13,21H,7-8,11,15-16H2,(H,41,42)/t21-/m0/s1. The highest BCUT2D eigenvalue weighted by atomic mass is 19.1.